The van der Waals surface area contributed by atoms with Crippen LogP contribution in [0, 0.1) is 18.3 Å². The van der Waals surface area contributed by atoms with Crippen LogP contribution < -0.4 is 5.32 Å². The fraction of sp³-hybridized carbons (Fsp3) is 0.357. The maximum atomic E-state index is 12.6. The Hall–Kier alpha value is -3.32. The third-order valence-electron chi connectivity index (χ3n) is 6.81. The summed E-state index contributed by atoms with van der Waals surface area (Å²) in [6, 6.07) is 17.2. The average Bonchev–Trinajstić information content (AvgIpc) is 3.21. The van der Waals surface area contributed by atoms with Crippen LogP contribution in [0.1, 0.15) is 84.7 Å². The average molecular weight is 427 g/mol. The van der Waals surface area contributed by atoms with Gasteiger partial charge in [0.1, 0.15) is 5.76 Å². The number of nitriles is 1. The Kier molecular flexibility index (Phi) is 5.46. The summed E-state index contributed by atoms with van der Waals surface area (Å²) in [4.78, 5) is 12.6. The topological polar surface area (TPSA) is 66.0 Å². The zero-order valence-electron chi connectivity index (χ0n) is 19.5. The Morgan fingerprint density at radius 3 is 2.41 bits per heavy atom. The quantitative estimate of drug-likeness (QED) is 0.508. The van der Waals surface area contributed by atoms with E-state index in [1.807, 2.05) is 6.07 Å². The SMILES string of the molecule is Cc1cc2c(cc1Cc1ccc(C(=O)Nc3cccc(C#N)c3)o1)C(C)(C)CCC2(C)C. The number of amides is 1. The lowest BCUT2D eigenvalue weighted by Crippen LogP contribution is -2.34. The van der Waals surface area contributed by atoms with Crippen molar-refractivity contribution in [3.8, 4) is 6.07 Å². The van der Waals surface area contributed by atoms with Gasteiger partial charge in [0, 0.05) is 12.1 Å². The first-order chi connectivity index (χ1) is 15.1. The van der Waals surface area contributed by atoms with Gasteiger partial charge in [-0.05, 0) is 83.2 Å². The van der Waals surface area contributed by atoms with Gasteiger partial charge in [-0.2, -0.15) is 5.26 Å². The standard InChI is InChI=1S/C28H30N2O2/c1-18-13-23-24(28(4,5)12-11-27(23,2)3)16-20(18)15-22-9-10-25(32-22)26(31)30-21-8-6-7-19(14-21)17-29/h6-10,13-14,16H,11-12,15H2,1-5H3,(H,30,31). The van der Waals surface area contributed by atoms with E-state index in [9.17, 15) is 4.79 Å². The van der Waals surface area contributed by atoms with E-state index in [1.54, 1.807) is 30.3 Å². The zero-order chi connectivity index (χ0) is 23.1. The third kappa shape index (κ3) is 4.21. The Bertz CT molecular complexity index is 1220. The second-order valence-corrected chi connectivity index (χ2v) is 10.2. The van der Waals surface area contributed by atoms with Crippen LogP contribution in [-0.2, 0) is 17.3 Å². The highest BCUT2D eigenvalue weighted by Gasteiger charge is 2.37. The lowest BCUT2D eigenvalue weighted by atomic mass is 9.62. The highest BCUT2D eigenvalue weighted by molar-refractivity contribution is 6.02. The molecular weight excluding hydrogens is 396 g/mol. The predicted molar refractivity (Wildman–Crippen MR) is 127 cm³/mol. The number of hydrogen-bond donors (Lipinski definition) is 1. The van der Waals surface area contributed by atoms with Gasteiger partial charge < -0.3 is 9.73 Å². The lowest BCUT2D eigenvalue weighted by Gasteiger charge is -2.42. The van der Waals surface area contributed by atoms with Gasteiger partial charge in [-0.15, -0.1) is 0 Å². The summed E-state index contributed by atoms with van der Waals surface area (Å²) in [5.41, 5.74) is 6.78. The molecule has 0 aliphatic heterocycles. The molecule has 164 valence electrons. The first kappa shape index (κ1) is 21.9. The minimum Gasteiger partial charge on any atom is -0.456 e. The van der Waals surface area contributed by atoms with E-state index in [1.165, 1.54) is 35.1 Å². The number of fused-ring (bicyclic) bond motifs is 1. The van der Waals surface area contributed by atoms with Crippen molar-refractivity contribution in [2.75, 3.05) is 5.32 Å². The van der Waals surface area contributed by atoms with E-state index < -0.39 is 0 Å². The number of anilines is 1. The molecule has 2 aromatic carbocycles. The normalized spacial score (nSPS) is 16.1. The van der Waals surface area contributed by atoms with E-state index in [4.69, 9.17) is 9.68 Å². The molecule has 4 heteroatoms. The van der Waals surface area contributed by atoms with E-state index in [2.05, 4.69) is 58.1 Å². The molecule has 1 amide bonds. The number of hydrogen-bond acceptors (Lipinski definition) is 3. The summed E-state index contributed by atoms with van der Waals surface area (Å²) in [5, 5.41) is 11.8. The van der Waals surface area contributed by atoms with Gasteiger partial charge in [0.15, 0.2) is 5.76 Å². The summed E-state index contributed by atoms with van der Waals surface area (Å²) >= 11 is 0. The molecule has 4 nitrogen and oxygen atoms in total. The van der Waals surface area contributed by atoms with Crippen LogP contribution in [0.2, 0.25) is 0 Å². The van der Waals surface area contributed by atoms with Crippen molar-refractivity contribution in [1.82, 2.24) is 0 Å². The molecule has 0 bridgehead atoms. The molecule has 3 aromatic rings. The van der Waals surface area contributed by atoms with Crippen LogP contribution in [0.15, 0.2) is 52.9 Å². The molecule has 1 N–H and O–H groups in total. The summed E-state index contributed by atoms with van der Waals surface area (Å²) in [6.07, 6.45) is 3.01. The van der Waals surface area contributed by atoms with Crippen molar-refractivity contribution >= 4 is 11.6 Å². The Balaban J connectivity index is 1.56. The third-order valence-corrected chi connectivity index (χ3v) is 6.81. The smallest absolute Gasteiger partial charge is 0.291 e. The molecule has 32 heavy (non-hydrogen) atoms. The van der Waals surface area contributed by atoms with Crippen LogP contribution >= 0.6 is 0 Å². The summed E-state index contributed by atoms with van der Waals surface area (Å²) in [7, 11) is 0. The predicted octanol–water partition coefficient (Wildman–Crippen LogP) is 6.65. The van der Waals surface area contributed by atoms with Crippen molar-refractivity contribution < 1.29 is 9.21 Å². The number of carbonyl (C=O) groups excluding carboxylic acids is 1. The largest absolute Gasteiger partial charge is 0.456 e. The molecule has 0 fully saturated rings. The van der Waals surface area contributed by atoms with Gasteiger partial charge in [0.2, 0.25) is 0 Å². The van der Waals surface area contributed by atoms with Gasteiger partial charge in [0.05, 0.1) is 11.6 Å². The molecule has 4 rings (SSSR count). The molecule has 0 saturated heterocycles. The second kappa shape index (κ2) is 7.98. The number of aryl methyl sites for hydroxylation is 1. The molecule has 1 aliphatic carbocycles. The molecule has 0 spiro atoms. The van der Waals surface area contributed by atoms with Gasteiger partial charge in [-0.1, -0.05) is 45.9 Å². The zero-order valence-corrected chi connectivity index (χ0v) is 19.5. The first-order valence-electron chi connectivity index (χ1n) is 11.1. The van der Waals surface area contributed by atoms with Gasteiger partial charge in [-0.3, -0.25) is 4.79 Å². The Labute approximate surface area is 190 Å². The van der Waals surface area contributed by atoms with Crippen LogP contribution in [0.5, 0.6) is 0 Å². The summed E-state index contributed by atoms with van der Waals surface area (Å²) in [6.45, 7) is 11.5. The molecule has 0 atom stereocenters. The van der Waals surface area contributed by atoms with Crippen LogP contribution in [0.25, 0.3) is 0 Å². The highest BCUT2D eigenvalue weighted by Crippen LogP contribution is 2.46. The second-order valence-electron chi connectivity index (χ2n) is 10.2. The maximum Gasteiger partial charge on any atom is 0.291 e. The number of rotatable bonds is 4. The highest BCUT2D eigenvalue weighted by atomic mass is 16.3. The van der Waals surface area contributed by atoms with E-state index in [0.717, 1.165) is 5.76 Å². The monoisotopic (exact) mass is 426 g/mol. The number of nitrogens with zero attached hydrogens (tertiary/aromatic N) is 1. The maximum absolute atomic E-state index is 12.6. The number of furan rings is 1. The molecule has 1 aromatic heterocycles. The van der Waals surface area contributed by atoms with Crippen LogP contribution in [0.4, 0.5) is 5.69 Å². The summed E-state index contributed by atoms with van der Waals surface area (Å²) in [5.74, 6) is 0.702. The minimum absolute atomic E-state index is 0.152. The van der Waals surface area contributed by atoms with Gasteiger partial charge in [0.25, 0.3) is 5.91 Å². The number of carbonyl (C=O) groups is 1. The van der Waals surface area contributed by atoms with E-state index in [-0.39, 0.29) is 22.5 Å². The molecule has 0 saturated carbocycles. The fourth-order valence-corrected chi connectivity index (χ4v) is 4.60. The van der Waals surface area contributed by atoms with Gasteiger partial charge in [-0.25, -0.2) is 0 Å². The molecular formula is C28H30N2O2. The number of nitrogens with one attached hydrogen (secondary N) is 1. The van der Waals surface area contributed by atoms with Crippen molar-refractivity contribution in [3.63, 3.8) is 0 Å². The Morgan fingerprint density at radius 1 is 1.03 bits per heavy atom. The van der Waals surface area contributed by atoms with Gasteiger partial charge >= 0.3 is 0 Å². The minimum atomic E-state index is -0.323. The molecule has 1 aliphatic rings. The van der Waals surface area contributed by atoms with Crippen molar-refractivity contribution in [3.05, 3.63) is 87.9 Å². The van der Waals surface area contributed by atoms with E-state index >= 15 is 0 Å². The molecule has 0 radical (unpaired) electrons. The molecule has 1 heterocycles. The Morgan fingerprint density at radius 2 is 1.72 bits per heavy atom. The summed E-state index contributed by atoms with van der Waals surface area (Å²) < 4.78 is 5.89. The van der Waals surface area contributed by atoms with E-state index in [0.29, 0.717) is 17.7 Å². The van der Waals surface area contributed by atoms with Crippen molar-refractivity contribution in [2.24, 2.45) is 0 Å². The molecule has 0 unspecified atom stereocenters. The number of benzene rings is 2. The lowest BCUT2D eigenvalue weighted by molar-refractivity contribution is 0.0995. The first-order valence-corrected chi connectivity index (χ1v) is 11.1. The van der Waals surface area contributed by atoms with Crippen molar-refractivity contribution in [2.45, 2.75) is 64.7 Å². The fourth-order valence-electron chi connectivity index (χ4n) is 4.60. The van der Waals surface area contributed by atoms with Crippen LogP contribution in [0.3, 0.4) is 0 Å². The van der Waals surface area contributed by atoms with Crippen LogP contribution in [-0.4, -0.2) is 5.91 Å². The van der Waals surface area contributed by atoms with Crippen molar-refractivity contribution in [1.29, 1.82) is 5.26 Å².